The van der Waals surface area contributed by atoms with Gasteiger partial charge in [0.25, 0.3) is 0 Å². The number of aliphatic hydroxyl groups is 3. The van der Waals surface area contributed by atoms with Crippen molar-refractivity contribution in [1.29, 1.82) is 0 Å². The third-order valence-corrected chi connectivity index (χ3v) is 13.6. The number of fused-ring (bicyclic) bond motifs is 6. The molecule has 0 saturated carbocycles. The Morgan fingerprint density at radius 3 is 2.70 bits per heavy atom. The SMILES string of the molecule is CC(C)[C@H]1CSS[C@@H]2CC[C@@H]3Cc4cc(c(O)c5c4C[C@H]([C@H]2CN=C(N)N1)[C@@H](O)O5)CC#Cc1c(ccc(O)c1OCO)CCC(=O)C[C@@H]3O. The summed E-state index contributed by atoms with van der Waals surface area (Å²) in [5.74, 6) is 6.78. The molecule has 5 bridgehead atoms. The zero-order valence-electron chi connectivity index (χ0n) is 28.4. The number of carbonyl (C=O) groups excluding carboxylic acids is 1. The maximum absolute atomic E-state index is 13.4. The fraction of sp³-hybridized carbons (Fsp3) is 0.568. The van der Waals surface area contributed by atoms with Crippen LogP contribution in [0.3, 0.4) is 0 Å². The number of nitrogens with zero attached hydrogens (tertiary/aromatic N) is 1. The monoisotopic (exact) mass is 725 g/mol. The summed E-state index contributed by atoms with van der Waals surface area (Å²) in [6.07, 6.45) is 0.713. The number of guanidine groups is 1. The molecule has 13 heteroatoms. The van der Waals surface area contributed by atoms with Crippen molar-refractivity contribution in [2.45, 2.75) is 88.9 Å². The Morgan fingerprint density at radius 2 is 1.92 bits per heavy atom. The van der Waals surface area contributed by atoms with E-state index < -0.39 is 19.2 Å². The van der Waals surface area contributed by atoms with Crippen LogP contribution in [0.25, 0.3) is 0 Å². The molecule has 4 aliphatic rings. The van der Waals surface area contributed by atoms with Crippen LogP contribution in [0.2, 0.25) is 0 Å². The van der Waals surface area contributed by atoms with Gasteiger partial charge in [-0.15, -0.1) is 0 Å². The van der Waals surface area contributed by atoms with Gasteiger partial charge in [-0.3, -0.25) is 9.79 Å². The molecule has 0 fully saturated rings. The second-order valence-corrected chi connectivity index (χ2v) is 16.7. The molecule has 8 N–H and O–H groups in total. The van der Waals surface area contributed by atoms with Gasteiger partial charge in [-0.05, 0) is 61.1 Å². The molecule has 0 saturated heterocycles. The fourth-order valence-electron chi connectivity index (χ4n) is 7.54. The normalized spacial score (nSPS) is 28.7. The Bertz CT molecular complexity index is 1670. The van der Waals surface area contributed by atoms with Gasteiger partial charge >= 0.3 is 0 Å². The Kier molecular flexibility index (Phi) is 11.6. The molecule has 0 spiro atoms. The number of nitrogens with one attached hydrogen (secondary N) is 1. The highest BCUT2D eigenvalue weighted by Gasteiger charge is 2.43. The molecule has 11 nitrogen and oxygen atoms in total. The molecular formula is C37H47N3O8S2. The summed E-state index contributed by atoms with van der Waals surface area (Å²) in [5.41, 5.74) is 9.52. The van der Waals surface area contributed by atoms with E-state index in [1.165, 1.54) is 6.07 Å². The minimum absolute atomic E-state index is 0.0118. The average Bonchev–Trinajstić information content (AvgIpc) is 3.08. The Labute approximate surface area is 300 Å². The number of phenolic OH excluding ortho intramolecular Hbond substituents is 2. The van der Waals surface area contributed by atoms with Crippen molar-refractivity contribution < 1.29 is 39.8 Å². The molecule has 2 aliphatic carbocycles. The van der Waals surface area contributed by atoms with Crippen molar-refractivity contribution >= 4 is 33.3 Å². The number of nitrogens with two attached hydrogens (primary N) is 1. The van der Waals surface area contributed by atoms with Gasteiger partial charge in [0.05, 0.1) is 11.7 Å². The number of hydrogen-bond acceptors (Lipinski definition) is 13. The van der Waals surface area contributed by atoms with Gasteiger partial charge in [0.1, 0.15) is 5.78 Å². The van der Waals surface area contributed by atoms with E-state index in [1.807, 2.05) is 6.07 Å². The van der Waals surface area contributed by atoms with E-state index >= 15 is 0 Å². The summed E-state index contributed by atoms with van der Waals surface area (Å²) in [4.78, 5) is 18.2. The molecule has 2 heterocycles. The van der Waals surface area contributed by atoms with E-state index in [4.69, 9.17) is 20.2 Å². The van der Waals surface area contributed by atoms with E-state index in [0.29, 0.717) is 60.8 Å². The number of phenols is 2. The van der Waals surface area contributed by atoms with Crippen molar-refractivity contribution in [2.75, 3.05) is 19.1 Å². The predicted octanol–water partition coefficient (Wildman–Crippen LogP) is 3.42. The summed E-state index contributed by atoms with van der Waals surface area (Å²) in [6, 6.07) is 5.16. The number of ketones is 1. The number of carbonyl (C=O) groups is 1. The molecule has 0 unspecified atom stereocenters. The number of aliphatic imine (C=N–C) groups is 1. The Morgan fingerprint density at radius 1 is 1.10 bits per heavy atom. The van der Waals surface area contributed by atoms with Crippen LogP contribution in [0.1, 0.15) is 67.3 Å². The number of Topliss-reactive ketones (excluding diaryl/α,β-unsaturated/α-hetero) is 1. The summed E-state index contributed by atoms with van der Waals surface area (Å²) < 4.78 is 11.5. The van der Waals surface area contributed by atoms with Crippen molar-refractivity contribution in [3.63, 3.8) is 0 Å². The largest absolute Gasteiger partial charge is 0.504 e. The van der Waals surface area contributed by atoms with Crippen molar-refractivity contribution in [3.8, 4) is 34.8 Å². The summed E-state index contributed by atoms with van der Waals surface area (Å²) in [7, 11) is 3.56. The number of aryl methyl sites for hydroxylation is 1. The van der Waals surface area contributed by atoms with E-state index in [9.17, 15) is 30.3 Å². The van der Waals surface area contributed by atoms with Crippen LogP contribution in [0.15, 0.2) is 23.2 Å². The van der Waals surface area contributed by atoms with Crippen LogP contribution in [-0.4, -0.2) is 80.1 Å². The molecular weight excluding hydrogens is 679 g/mol. The topological polar surface area (TPSA) is 187 Å². The van der Waals surface area contributed by atoms with Gasteiger partial charge in [0.15, 0.2) is 35.8 Å². The second kappa shape index (κ2) is 15.9. The van der Waals surface area contributed by atoms with Crippen molar-refractivity contribution in [1.82, 2.24) is 5.32 Å². The number of hydrogen-bond donors (Lipinski definition) is 7. The first-order valence-electron chi connectivity index (χ1n) is 17.4. The van der Waals surface area contributed by atoms with Crippen LogP contribution in [-0.2, 0) is 30.5 Å². The Balaban J connectivity index is 1.44. The van der Waals surface area contributed by atoms with Crippen LogP contribution in [0.4, 0.5) is 0 Å². The van der Waals surface area contributed by atoms with Gasteiger partial charge < -0.3 is 46.1 Å². The van der Waals surface area contributed by atoms with E-state index in [0.717, 1.165) is 23.3 Å². The van der Waals surface area contributed by atoms with Gasteiger partial charge in [-0.25, -0.2) is 0 Å². The summed E-state index contributed by atoms with van der Waals surface area (Å²) in [5, 5.41) is 58.2. The van der Waals surface area contributed by atoms with Crippen LogP contribution in [0, 0.1) is 35.5 Å². The molecule has 2 aliphatic heterocycles. The minimum Gasteiger partial charge on any atom is -0.504 e. The number of aromatic hydroxyl groups is 2. The molecule has 0 amide bonds. The predicted molar refractivity (Wildman–Crippen MR) is 194 cm³/mol. The highest BCUT2D eigenvalue weighted by atomic mass is 33.1. The number of aliphatic hydroxyl groups excluding tert-OH is 3. The first-order chi connectivity index (χ1) is 24.0. The van der Waals surface area contributed by atoms with E-state index in [-0.39, 0.29) is 77.1 Å². The lowest BCUT2D eigenvalue weighted by molar-refractivity contribution is -0.121. The zero-order valence-corrected chi connectivity index (χ0v) is 30.1. The number of ether oxygens (including phenoxy) is 2. The fourth-order valence-corrected chi connectivity index (χ4v) is 11.0. The molecule has 2 aromatic rings. The lowest BCUT2D eigenvalue weighted by Gasteiger charge is -2.41. The zero-order chi connectivity index (χ0) is 35.5. The number of rotatable bonds is 3. The summed E-state index contributed by atoms with van der Waals surface area (Å²) >= 11 is 0. The maximum atomic E-state index is 13.4. The van der Waals surface area contributed by atoms with E-state index in [1.54, 1.807) is 27.7 Å². The third-order valence-electron chi connectivity index (χ3n) is 10.5. The first-order valence-corrected chi connectivity index (χ1v) is 19.7. The van der Waals surface area contributed by atoms with Crippen LogP contribution in [0.5, 0.6) is 23.0 Å². The highest BCUT2D eigenvalue weighted by molar-refractivity contribution is 8.77. The lowest BCUT2D eigenvalue weighted by Crippen LogP contribution is -2.47. The van der Waals surface area contributed by atoms with Crippen LogP contribution >= 0.6 is 21.6 Å². The molecule has 6 rings (SSSR count). The molecule has 50 heavy (non-hydrogen) atoms. The molecule has 270 valence electrons. The number of benzene rings is 2. The smallest absolute Gasteiger partial charge is 0.201 e. The first kappa shape index (κ1) is 36.5. The maximum Gasteiger partial charge on any atom is 0.201 e. The molecule has 0 radical (unpaired) electrons. The standard InChI is InChI=1S/C37H47N3O8S2/c1-19(2)29-17-49-50-32-11-8-21-12-23-13-22(33(45)35-26(23)15-27(36(46)48-35)28(32)16-39-37(38)40-29)4-3-5-25-20(6-9-24(42)14-31(21)44)7-10-30(43)34(25)47-18-41/h7,10,13,19,21,27-29,31-32,36,41,43-46H,4,6,8-9,11-12,14-18H2,1-2H3,(H3,38,39,40)/t21-,27-,28-,29-,31+,32-,36+/m1/s1. The van der Waals surface area contributed by atoms with Gasteiger partial charge in [0, 0.05) is 65.8 Å². The van der Waals surface area contributed by atoms with Crippen molar-refractivity contribution in [2.24, 2.45) is 34.4 Å². The molecule has 0 aromatic heterocycles. The van der Waals surface area contributed by atoms with Gasteiger partial charge in [-0.2, -0.15) is 0 Å². The highest BCUT2D eigenvalue weighted by Crippen LogP contribution is 2.49. The minimum atomic E-state index is -1.20. The third kappa shape index (κ3) is 7.95. The average molecular weight is 726 g/mol. The van der Waals surface area contributed by atoms with Crippen LogP contribution < -0.4 is 20.5 Å². The molecule has 7 atom stereocenters. The molecule has 2 aromatic carbocycles. The second-order valence-electron chi connectivity index (χ2n) is 14.1. The Hall–Kier alpha value is -3.28. The van der Waals surface area contributed by atoms with Crippen molar-refractivity contribution in [3.05, 3.63) is 46.0 Å². The summed E-state index contributed by atoms with van der Waals surface area (Å²) in [6.45, 7) is 4.00. The van der Waals surface area contributed by atoms with Gasteiger partial charge in [0.2, 0.25) is 6.29 Å². The lowest BCUT2D eigenvalue weighted by atomic mass is 9.75. The van der Waals surface area contributed by atoms with E-state index in [2.05, 4.69) is 31.0 Å². The quantitative estimate of drug-likeness (QED) is 0.139. The van der Waals surface area contributed by atoms with Gasteiger partial charge in [-0.1, -0.05) is 59.4 Å².